The summed E-state index contributed by atoms with van der Waals surface area (Å²) < 4.78 is 28.0. The predicted octanol–water partition coefficient (Wildman–Crippen LogP) is 2.10. The van der Waals surface area contributed by atoms with Gasteiger partial charge in [-0.25, -0.2) is 13.2 Å². The first-order chi connectivity index (χ1) is 11.2. The lowest BCUT2D eigenvalue weighted by molar-refractivity contribution is -0.133. The molecule has 1 rings (SSSR count). The van der Waals surface area contributed by atoms with Gasteiger partial charge in [0.25, 0.3) is 5.91 Å². The van der Waals surface area contributed by atoms with Crippen LogP contribution >= 0.6 is 11.6 Å². The topological polar surface area (TPSA) is 80.8 Å². The third kappa shape index (κ3) is 5.50. The zero-order valence-electron chi connectivity index (χ0n) is 13.2. The Labute approximate surface area is 146 Å². The van der Waals surface area contributed by atoms with Gasteiger partial charge in [-0.2, -0.15) is 0 Å². The molecule has 1 aromatic rings. The van der Waals surface area contributed by atoms with Crippen molar-refractivity contribution in [1.82, 2.24) is 4.90 Å². The summed E-state index contributed by atoms with van der Waals surface area (Å²) in [5.74, 6) is -1.31. The fourth-order valence-electron chi connectivity index (χ4n) is 1.78. The molecule has 0 aliphatic carbocycles. The van der Waals surface area contributed by atoms with Crippen molar-refractivity contribution >= 4 is 33.3 Å². The Bertz CT molecular complexity index is 748. The third-order valence-corrected chi connectivity index (χ3v) is 4.40. The molecule has 0 radical (unpaired) electrons. The molecule has 130 valence electrons. The Hall–Kier alpha value is -2.12. The summed E-state index contributed by atoms with van der Waals surface area (Å²) in [4.78, 5) is 25.4. The number of sulfone groups is 1. The molecular weight excluding hydrogens is 354 g/mol. The van der Waals surface area contributed by atoms with Crippen LogP contribution in [0.15, 0.2) is 48.4 Å². The monoisotopic (exact) mass is 371 g/mol. The van der Waals surface area contributed by atoms with Crippen molar-refractivity contribution in [1.29, 1.82) is 0 Å². The summed E-state index contributed by atoms with van der Waals surface area (Å²) in [6.45, 7) is 7.15. The highest BCUT2D eigenvalue weighted by Gasteiger charge is 2.19. The van der Waals surface area contributed by atoms with E-state index in [4.69, 9.17) is 16.3 Å². The summed E-state index contributed by atoms with van der Waals surface area (Å²) >= 11 is 5.90. The van der Waals surface area contributed by atoms with Crippen LogP contribution in [0.25, 0.3) is 0 Å². The van der Waals surface area contributed by atoms with E-state index in [1.54, 1.807) is 0 Å². The molecule has 0 aromatic heterocycles. The molecule has 1 amide bonds. The van der Waals surface area contributed by atoms with Crippen molar-refractivity contribution < 1.29 is 22.7 Å². The molecule has 0 heterocycles. The second-order valence-corrected chi connectivity index (χ2v) is 7.29. The largest absolute Gasteiger partial charge is 0.452 e. The van der Waals surface area contributed by atoms with Crippen LogP contribution in [-0.4, -0.2) is 51.1 Å². The number of hydrogen-bond acceptors (Lipinski definition) is 5. The lowest BCUT2D eigenvalue weighted by Gasteiger charge is -2.19. The second-order valence-electron chi connectivity index (χ2n) is 4.87. The number of carbonyl (C=O) groups is 2. The Morgan fingerprint density at radius 2 is 1.83 bits per heavy atom. The van der Waals surface area contributed by atoms with E-state index >= 15 is 0 Å². The molecule has 0 fully saturated rings. The van der Waals surface area contributed by atoms with Crippen LogP contribution in [0.3, 0.4) is 0 Å². The molecule has 0 atom stereocenters. The van der Waals surface area contributed by atoms with Crippen LogP contribution in [0.4, 0.5) is 0 Å². The van der Waals surface area contributed by atoms with Crippen LogP contribution < -0.4 is 0 Å². The Kier molecular flexibility index (Phi) is 7.18. The SMILES string of the molecule is C=CCN(CC=C)C(=O)COC(=O)c1cc(S(C)(=O)=O)ccc1Cl. The standard InChI is InChI=1S/C16H18ClNO5S/c1-4-8-18(9-5-2)15(19)11-23-16(20)13-10-12(24(3,21)22)6-7-14(13)17/h4-7,10H,1-2,8-9,11H2,3H3. The fourth-order valence-corrected chi connectivity index (χ4v) is 2.62. The molecule has 1 aromatic carbocycles. The fraction of sp³-hybridized carbons (Fsp3) is 0.250. The Morgan fingerprint density at radius 3 is 2.33 bits per heavy atom. The lowest BCUT2D eigenvalue weighted by atomic mass is 10.2. The Balaban J connectivity index is 2.87. The van der Waals surface area contributed by atoms with Crippen LogP contribution in [0.5, 0.6) is 0 Å². The molecule has 0 N–H and O–H groups in total. The van der Waals surface area contributed by atoms with Crippen LogP contribution in [0.1, 0.15) is 10.4 Å². The van der Waals surface area contributed by atoms with Gasteiger partial charge in [-0.1, -0.05) is 23.8 Å². The van der Waals surface area contributed by atoms with Gasteiger partial charge in [-0.05, 0) is 18.2 Å². The third-order valence-electron chi connectivity index (χ3n) is 2.96. The van der Waals surface area contributed by atoms with Gasteiger partial charge in [0.2, 0.25) is 0 Å². The number of benzene rings is 1. The smallest absolute Gasteiger partial charge is 0.340 e. The van der Waals surface area contributed by atoms with Gasteiger partial charge >= 0.3 is 5.97 Å². The molecular formula is C16H18ClNO5S. The highest BCUT2D eigenvalue weighted by molar-refractivity contribution is 7.90. The minimum absolute atomic E-state index is 0.0360. The molecule has 0 unspecified atom stereocenters. The Morgan fingerprint density at radius 1 is 1.25 bits per heavy atom. The summed E-state index contributed by atoms with van der Waals surface area (Å²) in [6.07, 6.45) is 4.09. The van der Waals surface area contributed by atoms with E-state index in [1.165, 1.54) is 29.2 Å². The number of hydrogen-bond donors (Lipinski definition) is 0. The summed E-state index contributed by atoms with van der Waals surface area (Å²) in [5, 5.41) is 0.0360. The van der Waals surface area contributed by atoms with E-state index in [-0.39, 0.29) is 28.6 Å². The average molecular weight is 372 g/mol. The lowest BCUT2D eigenvalue weighted by Crippen LogP contribution is -2.35. The molecule has 0 bridgehead atoms. The minimum Gasteiger partial charge on any atom is -0.452 e. The van der Waals surface area contributed by atoms with E-state index in [0.717, 1.165) is 12.3 Å². The van der Waals surface area contributed by atoms with Gasteiger partial charge in [-0.15, -0.1) is 13.2 Å². The maximum atomic E-state index is 12.1. The van der Waals surface area contributed by atoms with Crippen molar-refractivity contribution in [2.24, 2.45) is 0 Å². The number of nitrogens with zero attached hydrogens (tertiary/aromatic N) is 1. The van der Waals surface area contributed by atoms with E-state index in [2.05, 4.69) is 13.2 Å². The number of rotatable bonds is 8. The van der Waals surface area contributed by atoms with Gasteiger partial charge in [0, 0.05) is 19.3 Å². The van der Waals surface area contributed by atoms with Crippen LogP contribution in [0, 0.1) is 0 Å². The first-order valence-corrected chi connectivity index (χ1v) is 9.14. The molecule has 0 saturated carbocycles. The van der Waals surface area contributed by atoms with Crippen molar-refractivity contribution in [2.75, 3.05) is 26.0 Å². The minimum atomic E-state index is -3.50. The molecule has 6 nitrogen and oxygen atoms in total. The average Bonchev–Trinajstić information content (AvgIpc) is 2.51. The van der Waals surface area contributed by atoms with E-state index < -0.39 is 28.3 Å². The highest BCUT2D eigenvalue weighted by Crippen LogP contribution is 2.21. The number of esters is 1. The maximum Gasteiger partial charge on any atom is 0.340 e. The quantitative estimate of drug-likeness (QED) is 0.516. The van der Waals surface area contributed by atoms with Crippen molar-refractivity contribution in [3.63, 3.8) is 0 Å². The van der Waals surface area contributed by atoms with Gasteiger partial charge in [-0.3, -0.25) is 4.79 Å². The number of amides is 1. The molecule has 0 aliphatic heterocycles. The van der Waals surface area contributed by atoms with Gasteiger partial charge in [0.05, 0.1) is 15.5 Å². The van der Waals surface area contributed by atoms with Crippen LogP contribution in [0.2, 0.25) is 5.02 Å². The highest BCUT2D eigenvalue weighted by atomic mass is 35.5. The second kappa shape index (κ2) is 8.65. The van der Waals surface area contributed by atoms with Crippen molar-refractivity contribution in [3.8, 4) is 0 Å². The van der Waals surface area contributed by atoms with Gasteiger partial charge in [0.15, 0.2) is 16.4 Å². The van der Waals surface area contributed by atoms with Crippen molar-refractivity contribution in [3.05, 3.63) is 54.1 Å². The normalized spacial score (nSPS) is 10.8. The summed E-state index contributed by atoms with van der Waals surface area (Å²) in [5.41, 5.74) is -0.119. The molecule has 0 spiro atoms. The van der Waals surface area contributed by atoms with E-state index in [9.17, 15) is 18.0 Å². The number of carbonyl (C=O) groups excluding carboxylic acids is 2. The predicted molar refractivity (Wildman–Crippen MR) is 91.8 cm³/mol. The summed E-state index contributed by atoms with van der Waals surface area (Å²) in [7, 11) is -3.50. The first-order valence-electron chi connectivity index (χ1n) is 6.87. The van der Waals surface area contributed by atoms with Crippen LogP contribution in [-0.2, 0) is 19.4 Å². The van der Waals surface area contributed by atoms with Crippen molar-refractivity contribution in [2.45, 2.75) is 4.90 Å². The van der Waals surface area contributed by atoms with Gasteiger partial charge < -0.3 is 9.64 Å². The first kappa shape index (κ1) is 19.9. The summed E-state index contributed by atoms with van der Waals surface area (Å²) in [6, 6.07) is 3.70. The number of halogens is 1. The maximum absolute atomic E-state index is 12.1. The molecule has 0 saturated heterocycles. The molecule has 8 heteroatoms. The van der Waals surface area contributed by atoms with Gasteiger partial charge in [0.1, 0.15) is 0 Å². The zero-order chi connectivity index (χ0) is 18.3. The number of ether oxygens (including phenoxy) is 1. The van der Waals surface area contributed by atoms with E-state index in [0.29, 0.717) is 0 Å². The molecule has 0 aliphatic rings. The zero-order valence-corrected chi connectivity index (χ0v) is 14.8. The molecule has 24 heavy (non-hydrogen) atoms. The van der Waals surface area contributed by atoms with E-state index in [1.807, 2.05) is 0 Å².